The predicted octanol–water partition coefficient (Wildman–Crippen LogP) is 1.73. The number of rotatable bonds is 6. The van der Waals surface area contributed by atoms with Gasteiger partial charge in [0.2, 0.25) is 5.91 Å². The second-order valence-corrected chi connectivity index (χ2v) is 4.65. The molecular formula is C14H22N2O2. The standard InChI is InChI=1S/C14H22N2O2/c1-11(6-5-9-15)14(18)16(2)10-12-7-3-4-8-13(12)17/h3-4,7-8,11,17H,5-6,9-10,15H2,1-2H3. The number of phenols is 1. The van der Waals surface area contributed by atoms with Crippen LogP contribution in [0.3, 0.4) is 0 Å². The molecule has 3 N–H and O–H groups in total. The number of nitrogens with two attached hydrogens (primary N) is 1. The summed E-state index contributed by atoms with van der Waals surface area (Å²) in [5, 5.41) is 9.67. The normalized spacial score (nSPS) is 12.2. The topological polar surface area (TPSA) is 66.6 Å². The van der Waals surface area contributed by atoms with Crippen LogP contribution in [0.5, 0.6) is 5.75 Å². The first-order chi connectivity index (χ1) is 8.56. The molecule has 4 heteroatoms. The minimum Gasteiger partial charge on any atom is -0.508 e. The van der Waals surface area contributed by atoms with Crippen LogP contribution in [0.1, 0.15) is 25.3 Å². The maximum Gasteiger partial charge on any atom is 0.225 e. The van der Waals surface area contributed by atoms with E-state index in [2.05, 4.69) is 0 Å². The smallest absolute Gasteiger partial charge is 0.225 e. The molecule has 0 aliphatic rings. The highest BCUT2D eigenvalue weighted by atomic mass is 16.3. The predicted molar refractivity (Wildman–Crippen MR) is 72.0 cm³/mol. The van der Waals surface area contributed by atoms with E-state index in [0.717, 1.165) is 18.4 Å². The molecule has 0 fully saturated rings. The van der Waals surface area contributed by atoms with Crippen molar-refractivity contribution in [1.29, 1.82) is 0 Å². The maximum atomic E-state index is 12.1. The third-order valence-corrected chi connectivity index (χ3v) is 3.04. The minimum absolute atomic E-state index is 0.0237. The molecule has 1 unspecified atom stereocenters. The fourth-order valence-corrected chi connectivity index (χ4v) is 1.90. The zero-order valence-corrected chi connectivity index (χ0v) is 11.1. The minimum atomic E-state index is -0.0237. The summed E-state index contributed by atoms with van der Waals surface area (Å²) in [5.41, 5.74) is 6.20. The molecule has 1 rings (SSSR count). The average Bonchev–Trinajstić information content (AvgIpc) is 2.37. The number of nitrogens with zero attached hydrogens (tertiary/aromatic N) is 1. The molecule has 1 aromatic carbocycles. The van der Waals surface area contributed by atoms with Crippen LogP contribution < -0.4 is 5.73 Å². The van der Waals surface area contributed by atoms with Gasteiger partial charge in [-0.3, -0.25) is 4.79 Å². The van der Waals surface area contributed by atoms with Crippen molar-refractivity contribution in [3.05, 3.63) is 29.8 Å². The third-order valence-electron chi connectivity index (χ3n) is 3.04. The van der Waals surface area contributed by atoms with Crippen LogP contribution in [0, 0.1) is 5.92 Å². The summed E-state index contributed by atoms with van der Waals surface area (Å²) in [4.78, 5) is 13.7. The lowest BCUT2D eigenvalue weighted by molar-refractivity contribution is -0.134. The van der Waals surface area contributed by atoms with Crippen molar-refractivity contribution in [2.24, 2.45) is 11.7 Å². The Bertz CT molecular complexity index is 393. The van der Waals surface area contributed by atoms with Gasteiger partial charge in [0, 0.05) is 25.1 Å². The van der Waals surface area contributed by atoms with Gasteiger partial charge in [-0.2, -0.15) is 0 Å². The number of carbonyl (C=O) groups excluding carboxylic acids is 1. The van der Waals surface area contributed by atoms with E-state index in [1.807, 2.05) is 19.1 Å². The Balaban J connectivity index is 2.57. The lowest BCUT2D eigenvalue weighted by atomic mass is 10.0. The molecular weight excluding hydrogens is 228 g/mol. The van der Waals surface area contributed by atoms with Crippen LogP contribution in [0.25, 0.3) is 0 Å². The molecule has 100 valence electrons. The van der Waals surface area contributed by atoms with Gasteiger partial charge in [-0.25, -0.2) is 0 Å². The van der Waals surface area contributed by atoms with Gasteiger partial charge in [0.25, 0.3) is 0 Å². The van der Waals surface area contributed by atoms with Crippen LogP contribution in [-0.4, -0.2) is 29.5 Å². The zero-order valence-electron chi connectivity index (χ0n) is 11.1. The molecule has 0 aliphatic heterocycles. The molecule has 0 heterocycles. The van der Waals surface area contributed by atoms with E-state index in [9.17, 15) is 9.90 Å². The van der Waals surface area contributed by atoms with E-state index in [4.69, 9.17) is 5.73 Å². The van der Waals surface area contributed by atoms with E-state index in [0.29, 0.717) is 13.1 Å². The van der Waals surface area contributed by atoms with Crippen molar-refractivity contribution in [1.82, 2.24) is 4.90 Å². The Morgan fingerprint density at radius 3 is 2.72 bits per heavy atom. The van der Waals surface area contributed by atoms with Crippen molar-refractivity contribution in [2.75, 3.05) is 13.6 Å². The highest BCUT2D eigenvalue weighted by molar-refractivity contribution is 5.78. The molecule has 0 bridgehead atoms. The molecule has 0 spiro atoms. The van der Waals surface area contributed by atoms with Gasteiger partial charge in [-0.1, -0.05) is 25.1 Å². The Morgan fingerprint density at radius 1 is 1.44 bits per heavy atom. The van der Waals surface area contributed by atoms with Crippen molar-refractivity contribution < 1.29 is 9.90 Å². The Kier molecular flexibility index (Phi) is 5.65. The number of hydrogen-bond acceptors (Lipinski definition) is 3. The van der Waals surface area contributed by atoms with Crippen molar-refractivity contribution >= 4 is 5.91 Å². The highest BCUT2D eigenvalue weighted by Crippen LogP contribution is 2.18. The van der Waals surface area contributed by atoms with E-state index >= 15 is 0 Å². The molecule has 1 amide bonds. The number of hydrogen-bond donors (Lipinski definition) is 2. The molecule has 1 aromatic rings. The summed E-state index contributed by atoms with van der Waals surface area (Å²) in [5.74, 6) is 0.294. The fourth-order valence-electron chi connectivity index (χ4n) is 1.90. The molecule has 0 aliphatic carbocycles. The third kappa shape index (κ3) is 4.04. The van der Waals surface area contributed by atoms with E-state index < -0.39 is 0 Å². The van der Waals surface area contributed by atoms with Gasteiger partial charge in [0.15, 0.2) is 0 Å². The Labute approximate surface area is 108 Å². The summed E-state index contributed by atoms with van der Waals surface area (Å²) in [6, 6.07) is 7.07. The second-order valence-electron chi connectivity index (χ2n) is 4.65. The lowest BCUT2D eigenvalue weighted by Crippen LogP contribution is -2.31. The summed E-state index contributed by atoms with van der Waals surface area (Å²) in [6.07, 6.45) is 1.66. The van der Waals surface area contributed by atoms with E-state index in [1.165, 1.54) is 0 Å². The number of carbonyl (C=O) groups is 1. The molecule has 0 saturated heterocycles. The first-order valence-corrected chi connectivity index (χ1v) is 6.28. The van der Waals surface area contributed by atoms with Crippen molar-refractivity contribution in [2.45, 2.75) is 26.3 Å². The van der Waals surface area contributed by atoms with Crippen LogP contribution in [0.2, 0.25) is 0 Å². The van der Waals surface area contributed by atoms with Gasteiger partial charge in [-0.15, -0.1) is 0 Å². The first-order valence-electron chi connectivity index (χ1n) is 6.28. The second kappa shape index (κ2) is 7.01. The molecule has 1 atom stereocenters. The van der Waals surface area contributed by atoms with Gasteiger partial charge in [-0.05, 0) is 25.5 Å². The lowest BCUT2D eigenvalue weighted by Gasteiger charge is -2.21. The molecule has 4 nitrogen and oxygen atoms in total. The summed E-state index contributed by atoms with van der Waals surface area (Å²) in [7, 11) is 1.76. The highest BCUT2D eigenvalue weighted by Gasteiger charge is 2.17. The van der Waals surface area contributed by atoms with Crippen molar-refractivity contribution in [3.63, 3.8) is 0 Å². The van der Waals surface area contributed by atoms with Gasteiger partial charge < -0.3 is 15.7 Å². The number of benzene rings is 1. The number of aromatic hydroxyl groups is 1. The van der Waals surface area contributed by atoms with Crippen molar-refractivity contribution in [3.8, 4) is 5.75 Å². The van der Waals surface area contributed by atoms with Crippen LogP contribution >= 0.6 is 0 Å². The number of amides is 1. The van der Waals surface area contributed by atoms with Gasteiger partial charge >= 0.3 is 0 Å². The molecule has 0 radical (unpaired) electrons. The first kappa shape index (κ1) is 14.5. The monoisotopic (exact) mass is 250 g/mol. The summed E-state index contributed by atoms with van der Waals surface area (Å²) >= 11 is 0. The molecule has 0 saturated carbocycles. The van der Waals surface area contributed by atoms with Crippen LogP contribution in [-0.2, 0) is 11.3 Å². The maximum absolute atomic E-state index is 12.1. The number of para-hydroxylation sites is 1. The quantitative estimate of drug-likeness (QED) is 0.808. The Morgan fingerprint density at radius 2 is 2.11 bits per heavy atom. The van der Waals surface area contributed by atoms with Crippen LogP contribution in [0.15, 0.2) is 24.3 Å². The van der Waals surface area contributed by atoms with E-state index in [1.54, 1.807) is 24.1 Å². The largest absolute Gasteiger partial charge is 0.508 e. The van der Waals surface area contributed by atoms with Crippen LogP contribution in [0.4, 0.5) is 0 Å². The average molecular weight is 250 g/mol. The number of phenolic OH excluding ortho intramolecular Hbond substituents is 1. The summed E-state index contributed by atoms with van der Waals surface area (Å²) < 4.78 is 0. The van der Waals surface area contributed by atoms with Gasteiger partial charge in [0.05, 0.1) is 0 Å². The molecule has 0 aromatic heterocycles. The fraction of sp³-hybridized carbons (Fsp3) is 0.500. The Hall–Kier alpha value is -1.55. The molecule has 18 heavy (non-hydrogen) atoms. The zero-order chi connectivity index (χ0) is 13.5. The SMILES string of the molecule is CC(CCCN)C(=O)N(C)Cc1ccccc1O. The van der Waals surface area contributed by atoms with Gasteiger partial charge in [0.1, 0.15) is 5.75 Å². The summed E-state index contributed by atoms with van der Waals surface area (Å²) in [6.45, 7) is 2.96. The van der Waals surface area contributed by atoms with E-state index in [-0.39, 0.29) is 17.6 Å².